The standard InChI is InChI=1S/C14H18N2O4/c1-5-19-12(17)11-8-10(6-7-15)9-16(11)13(18)20-14(2,3)4/h8-9H,5-6H2,1-4H3. The summed E-state index contributed by atoms with van der Waals surface area (Å²) in [5.41, 5.74) is -0.0596. The third kappa shape index (κ3) is 4.12. The van der Waals surface area contributed by atoms with E-state index in [-0.39, 0.29) is 18.7 Å². The van der Waals surface area contributed by atoms with Crippen molar-refractivity contribution in [1.29, 1.82) is 5.26 Å². The Balaban J connectivity index is 3.12. The highest BCUT2D eigenvalue weighted by atomic mass is 16.6. The normalized spacial score (nSPS) is 10.8. The molecule has 1 heterocycles. The zero-order valence-electron chi connectivity index (χ0n) is 12.1. The summed E-state index contributed by atoms with van der Waals surface area (Å²) in [6.45, 7) is 7.07. The Morgan fingerprint density at radius 3 is 2.55 bits per heavy atom. The van der Waals surface area contributed by atoms with Crippen molar-refractivity contribution in [2.24, 2.45) is 0 Å². The number of nitrogens with zero attached hydrogens (tertiary/aromatic N) is 2. The van der Waals surface area contributed by atoms with Gasteiger partial charge in [0.05, 0.1) is 19.1 Å². The first-order valence-electron chi connectivity index (χ1n) is 6.27. The number of carbonyl (C=O) groups is 2. The SMILES string of the molecule is CCOC(=O)c1cc(CC#N)cn1C(=O)OC(C)(C)C. The zero-order chi connectivity index (χ0) is 15.3. The van der Waals surface area contributed by atoms with Crippen molar-refractivity contribution in [3.05, 3.63) is 23.5 Å². The Kier molecular flexibility index (Phi) is 4.92. The summed E-state index contributed by atoms with van der Waals surface area (Å²) in [7, 11) is 0. The van der Waals surface area contributed by atoms with E-state index in [2.05, 4.69) is 0 Å². The van der Waals surface area contributed by atoms with E-state index >= 15 is 0 Å². The molecule has 0 aliphatic rings. The highest BCUT2D eigenvalue weighted by Gasteiger charge is 2.24. The molecule has 0 spiro atoms. The minimum atomic E-state index is -0.678. The third-order valence-corrected chi connectivity index (χ3v) is 2.23. The van der Waals surface area contributed by atoms with Gasteiger partial charge in [-0.15, -0.1) is 0 Å². The molecule has 20 heavy (non-hydrogen) atoms. The molecule has 0 saturated heterocycles. The lowest BCUT2D eigenvalue weighted by atomic mass is 10.2. The maximum atomic E-state index is 12.1. The first-order chi connectivity index (χ1) is 9.28. The molecule has 6 heteroatoms. The van der Waals surface area contributed by atoms with E-state index in [1.54, 1.807) is 27.7 Å². The molecule has 108 valence electrons. The van der Waals surface area contributed by atoms with Crippen molar-refractivity contribution < 1.29 is 19.1 Å². The van der Waals surface area contributed by atoms with E-state index in [1.807, 2.05) is 6.07 Å². The summed E-state index contributed by atoms with van der Waals surface area (Å²) >= 11 is 0. The number of ether oxygens (including phenoxy) is 2. The van der Waals surface area contributed by atoms with Gasteiger partial charge in [-0.25, -0.2) is 14.2 Å². The molecule has 0 unspecified atom stereocenters. The molecular weight excluding hydrogens is 260 g/mol. The second kappa shape index (κ2) is 6.24. The molecule has 0 bridgehead atoms. The number of nitriles is 1. The smallest absolute Gasteiger partial charge is 0.419 e. The van der Waals surface area contributed by atoms with Gasteiger partial charge >= 0.3 is 12.1 Å². The van der Waals surface area contributed by atoms with Crippen LogP contribution in [0.4, 0.5) is 4.79 Å². The van der Waals surface area contributed by atoms with Crippen molar-refractivity contribution in [2.45, 2.75) is 39.7 Å². The van der Waals surface area contributed by atoms with Crippen LogP contribution in [0, 0.1) is 11.3 Å². The molecule has 0 radical (unpaired) electrons. The van der Waals surface area contributed by atoms with Gasteiger partial charge in [0.15, 0.2) is 0 Å². The van der Waals surface area contributed by atoms with E-state index in [9.17, 15) is 9.59 Å². The van der Waals surface area contributed by atoms with E-state index in [1.165, 1.54) is 12.3 Å². The molecule has 0 amide bonds. The highest BCUT2D eigenvalue weighted by molar-refractivity contribution is 5.92. The van der Waals surface area contributed by atoms with Gasteiger partial charge in [-0.2, -0.15) is 5.26 Å². The van der Waals surface area contributed by atoms with Crippen LogP contribution in [0.2, 0.25) is 0 Å². The molecule has 0 atom stereocenters. The van der Waals surface area contributed by atoms with Crippen molar-refractivity contribution in [2.75, 3.05) is 6.61 Å². The Labute approximate surface area is 117 Å². The van der Waals surface area contributed by atoms with Crippen LogP contribution in [0.5, 0.6) is 0 Å². The maximum Gasteiger partial charge on any atom is 0.419 e. The molecule has 6 nitrogen and oxygen atoms in total. The van der Waals surface area contributed by atoms with Gasteiger partial charge in [-0.05, 0) is 39.3 Å². The summed E-state index contributed by atoms with van der Waals surface area (Å²) in [5, 5.41) is 8.70. The minimum Gasteiger partial charge on any atom is -0.461 e. The average Bonchev–Trinajstić information content (AvgIpc) is 2.72. The van der Waals surface area contributed by atoms with Crippen molar-refractivity contribution >= 4 is 12.1 Å². The van der Waals surface area contributed by atoms with E-state index in [0.29, 0.717) is 5.56 Å². The fourth-order valence-corrected chi connectivity index (χ4v) is 1.53. The van der Waals surface area contributed by atoms with Crippen molar-refractivity contribution in [1.82, 2.24) is 4.57 Å². The molecule has 0 saturated carbocycles. The molecule has 1 aromatic rings. The van der Waals surface area contributed by atoms with Crippen LogP contribution < -0.4 is 0 Å². The number of aromatic nitrogens is 1. The van der Waals surface area contributed by atoms with Gasteiger partial charge in [0.1, 0.15) is 11.3 Å². The van der Waals surface area contributed by atoms with Crippen LogP contribution >= 0.6 is 0 Å². The van der Waals surface area contributed by atoms with E-state index in [0.717, 1.165) is 4.57 Å². The van der Waals surface area contributed by atoms with Crippen LogP contribution in [0.3, 0.4) is 0 Å². The Morgan fingerprint density at radius 2 is 2.05 bits per heavy atom. The molecule has 0 aliphatic carbocycles. The zero-order valence-corrected chi connectivity index (χ0v) is 12.1. The Bertz CT molecular complexity index is 547. The summed E-state index contributed by atoms with van der Waals surface area (Å²) in [5.74, 6) is -0.623. The highest BCUT2D eigenvalue weighted by Crippen LogP contribution is 2.15. The van der Waals surface area contributed by atoms with Gasteiger partial charge in [0.25, 0.3) is 0 Å². The van der Waals surface area contributed by atoms with Crippen LogP contribution in [-0.4, -0.2) is 28.8 Å². The second-order valence-corrected chi connectivity index (χ2v) is 5.14. The summed E-state index contributed by atoms with van der Waals surface area (Å²) in [6.07, 6.45) is 0.843. The molecule has 1 rings (SSSR count). The Hall–Kier alpha value is -2.29. The molecular formula is C14H18N2O4. The quantitative estimate of drug-likeness (QED) is 0.793. The van der Waals surface area contributed by atoms with Crippen molar-refractivity contribution in [3.8, 4) is 6.07 Å². The fraction of sp³-hybridized carbons (Fsp3) is 0.500. The number of hydrogen-bond donors (Lipinski definition) is 0. The summed E-state index contributed by atoms with van der Waals surface area (Å²) in [4.78, 5) is 23.9. The minimum absolute atomic E-state index is 0.0614. The predicted octanol–water partition coefficient (Wildman–Crippen LogP) is 2.51. The van der Waals surface area contributed by atoms with Gasteiger partial charge in [-0.1, -0.05) is 0 Å². The topological polar surface area (TPSA) is 81.3 Å². The van der Waals surface area contributed by atoms with Crippen LogP contribution in [0.25, 0.3) is 0 Å². The first kappa shape index (κ1) is 15.8. The largest absolute Gasteiger partial charge is 0.461 e. The van der Waals surface area contributed by atoms with Gasteiger partial charge < -0.3 is 9.47 Å². The van der Waals surface area contributed by atoms with Crippen LogP contribution in [-0.2, 0) is 15.9 Å². The molecule has 0 aliphatic heterocycles. The lowest BCUT2D eigenvalue weighted by molar-refractivity contribution is 0.0449. The molecule has 0 fully saturated rings. The van der Waals surface area contributed by atoms with E-state index in [4.69, 9.17) is 14.7 Å². The van der Waals surface area contributed by atoms with Gasteiger partial charge in [-0.3, -0.25) is 0 Å². The van der Waals surface area contributed by atoms with E-state index < -0.39 is 17.7 Å². The summed E-state index contributed by atoms with van der Waals surface area (Å²) < 4.78 is 11.2. The van der Waals surface area contributed by atoms with Crippen LogP contribution in [0.15, 0.2) is 12.3 Å². The maximum absolute atomic E-state index is 12.1. The lowest BCUT2D eigenvalue weighted by Gasteiger charge is -2.20. The number of esters is 1. The third-order valence-electron chi connectivity index (χ3n) is 2.23. The average molecular weight is 278 g/mol. The Morgan fingerprint density at radius 1 is 1.40 bits per heavy atom. The van der Waals surface area contributed by atoms with Gasteiger partial charge in [0, 0.05) is 6.20 Å². The van der Waals surface area contributed by atoms with Crippen LogP contribution in [0.1, 0.15) is 43.7 Å². The molecule has 0 N–H and O–H groups in total. The number of rotatable bonds is 3. The molecule has 0 aromatic carbocycles. The first-order valence-corrected chi connectivity index (χ1v) is 6.27. The predicted molar refractivity (Wildman–Crippen MR) is 71.3 cm³/mol. The second-order valence-electron chi connectivity index (χ2n) is 5.14. The molecule has 1 aromatic heterocycles. The van der Waals surface area contributed by atoms with Crippen molar-refractivity contribution in [3.63, 3.8) is 0 Å². The fourth-order valence-electron chi connectivity index (χ4n) is 1.53. The van der Waals surface area contributed by atoms with Gasteiger partial charge in [0.2, 0.25) is 0 Å². The monoisotopic (exact) mass is 278 g/mol. The lowest BCUT2D eigenvalue weighted by Crippen LogP contribution is -2.28. The number of carbonyl (C=O) groups excluding carboxylic acids is 2. The number of hydrogen-bond acceptors (Lipinski definition) is 5. The summed E-state index contributed by atoms with van der Waals surface area (Å²) in [6, 6.07) is 3.43.